The van der Waals surface area contributed by atoms with Crippen LogP contribution < -0.4 is 0 Å². The third kappa shape index (κ3) is 4.27. The van der Waals surface area contributed by atoms with Crippen molar-refractivity contribution in [3.05, 3.63) is 0 Å². The maximum absolute atomic E-state index is 11.4. The number of likely N-dealkylation sites (N-methyl/N-ethyl adjacent to an activating group) is 1. The summed E-state index contributed by atoms with van der Waals surface area (Å²) in [5, 5.41) is 0. The van der Waals surface area contributed by atoms with Crippen LogP contribution in [0, 0.1) is 0 Å². The molecule has 0 rings (SSSR count). The molecule has 0 N–H and O–H groups in total. The summed E-state index contributed by atoms with van der Waals surface area (Å²) in [5.41, 5.74) is 0. The van der Waals surface area contributed by atoms with Crippen LogP contribution >= 0.6 is 0 Å². The Kier molecular flexibility index (Phi) is 6.59. The first-order valence-corrected chi connectivity index (χ1v) is 5.07. The van der Waals surface area contributed by atoms with E-state index in [0.29, 0.717) is 6.61 Å². The van der Waals surface area contributed by atoms with E-state index in [9.17, 15) is 4.79 Å². The van der Waals surface area contributed by atoms with Crippen molar-refractivity contribution in [3.63, 3.8) is 0 Å². The van der Waals surface area contributed by atoms with Crippen LogP contribution in [0.4, 0.5) is 0 Å². The lowest BCUT2D eigenvalue weighted by Gasteiger charge is -2.25. The van der Waals surface area contributed by atoms with Gasteiger partial charge >= 0.3 is 5.97 Å². The Bertz CT molecular complexity index is 148. The standard InChI is InChI=1S/C10H21NO2/c1-5-8-11(6-2)9(4)10(12)13-7-3/h9H,5-8H2,1-4H3. The maximum atomic E-state index is 11.4. The molecule has 1 atom stereocenters. The fourth-order valence-corrected chi connectivity index (χ4v) is 1.32. The molecule has 0 aromatic heterocycles. The van der Waals surface area contributed by atoms with E-state index >= 15 is 0 Å². The lowest BCUT2D eigenvalue weighted by Crippen LogP contribution is -2.40. The van der Waals surface area contributed by atoms with E-state index in [4.69, 9.17) is 4.74 Å². The van der Waals surface area contributed by atoms with E-state index in [0.717, 1.165) is 19.5 Å². The summed E-state index contributed by atoms with van der Waals surface area (Å²) in [6, 6.07) is -0.107. The second kappa shape index (κ2) is 6.89. The van der Waals surface area contributed by atoms with Crippen LogP contribution in [0.25, 0.3) is 0 Å². The van der Waals surface area contributed by atoms with Gasteiger partial charge in [0, 0.05) is 0 Å². The Morgan fingerprint density at radius 3 is 2.38 bits per heavy atom. The summed E-state index contributed by atoms with van der Waals surface area (Å²) in [4.78, 5) is 13.5. The number of nitrogens with zero attached hydrogens (tertiary/aromatic N) is 1. The topological polar surface area (TPSA) is 29.5 Å². The number of hydrogen-bond donors (Lipinski definition) is 0. The molecule has 0 aliphatic carbocycles. The first-order chi connectivity index (χ1) is 6.17. The van der Waals surface area contributed by atoms with Gasteiger partial charge in [-0.15, -0.1) is 0 Å². The monoisotopic (exact) mass is 187 g/mol. The van der Waals surface area contributed by atoms with Crippen LogP contribution in [0.2, 0.25) is 0 Å². The van der Waals surface area contributed by atoms with Gasteiger partial charge in [0.15, 0.2) is 0 Å². The Hall–Kier alpha value is -0.570. The van der Waals surface area contributed by atoms with Crippen LogP contribution in [-0.4, -0.2) is 36.6 Å². The second-order valence-electron chi connectivity index (χ2n) is 3.06. The van der Waals surface area contributed by atoms with Gasteiger partial charge in [0.05, 0.1) is 6.61 Å². The number of hydrogen-bond acceptors (Lipinski definition) is 3. The Labute approximate surface area is 81.1 Å². The van der Waals surface area contributed by atoms with Gasteiger partial charge in [-0.05, 0) is 33.4 Å². The predicted octanol–water partition coefficient (Wildman–Crippen LogP) is 1.67. The maximum Gasteiger partial charge on any atom is 0.323 e. The first-order valence-electron chi connectivity index (χ1n) is 5.07. The quantitative estimate of drug-likeness (QED) is 0.592. The fourth-order valence-electron chi connectivity index (χ4n) is 1.32. The molecule has 0 bridgehead atoms. The SMILES string of the molecule is CCCN(CC)C(C)C(=O)OCC. The van der Waals surface area contributed by atoms with E-state index < -0.39 is 0 Å². The number of esters is 1. The highest BCUT2D eigenvalue weighted by atomic mass is 16.5. The average Bonchev–Trinajstić information content (AvgIpc) is 2.13. The normalized spacial score (nSPS) is 13.0. The lowest BCUT2D eigenvalue weighted by molar-refractivity contribution is -0.148. The highest BCUT2D eigenvalue weighted by molar-refractivity contribution is 5.75. The molecule has 78 valence electrons. The van der Waals surface area contributed by atoms with Gasteiger partial charge in [-0.1, -0.05) is 13.8 Å². The molecule has 1 unspecified atom stereocenters. The van der Waals surface area contributed by atoms with E-state index in [2.05, 4.69) is 18.7 Å². The van der Waals surface area contributed by atoms with Gasteiger partial charge in [0.1, 0.15) is 6.04 Å². The zero-order chi connectivity index (χ0) is 10.3. The van der Waals surface area contributed by atoms with Gasteiger partial charge < -0.3 is 4.74 Å². The molecule has 0 radical (unpaired) electrons. The van der Waals surface area contributed by atoms with Crippen molar-refractivity contribution < 1.29 is 9.53 Å². The summed E-state index contributed by atoms with van der Waals surface area (Å²) in [6.45, 7) is 10.2. The van der Waals surface area contributed by atoms with Crippen LogP contribution in [0.1, 0.15) is 34.1 Å². The summed E-state index contributed by atoms with van der Waals surface area (Å²) in [6.07, 6.45) is 1.07. The molecular formula is C10H21NO2. The number of ether oxygens (including phenoxy) is 1. The molecule has 3 heteroatoms. The van der Waals surface area contributed by atoms with Crippen molar-refractivity contribution in [1.29, 1.82) is 0 Å². The average molecular weight is 187 g/mol. The zero-order valence-electron chi connectivity index (χ0n) is 9.17. The van der Waals surface area contributed by atoms with Gasteiger partial charge in [-0.3, -0.25) is 9.69 Å². The molecule has 0 amide bonds. The van der Waals surface area contributed by atoms with Crippen molar-refractivity contribution in [1.82, 2.24) is 4.90 Å². The minimum Gasteiger partial charge on any atom is -0.465 e. The molecule has 0 spiro atoms. The summed E-state index contributed by atoms with van der Waals surface area (Å²) in [5.74, 6) is -0.113. The Balaban J connectivity index is 4.02. The molecule has 0 fully saturated rings. The van der Waals surface area contributed by atoms with Gasteiger partial charge in [0.2, 0.25) is 0 Å². The van der Waals surface area contributed by atoms with Crippen molar-refractivity contribution in [2.24, 2.45) is 0 Å². The van der Waals surface area contributed by atoms with E-state index in [1.807, 2.05) is 13.8 Å². The number of carbonyl (C=O) groups is 1. The highest BCUT2D eigenvalue weighted by Gasteiger charge is 2.19. The van der Waals surface area contributed by atoms with Gasteiger partial charge in [-0.2, -0.15) is 0 Å². The largest absolute Gasteiger partial charge is 0.465 e. The van der Waals surface area contributed by atoms with Crippen molar-refractivity contribution in [2.75, 3.05) is 19.7 Å². The molecule has 13 heavy (non-hydrogen) atoms. The molecule has 0 aliphatic heterocycles. The lowest BCUT2D eigenvalue weighted by atomic mass is 10.2. The van der Waals surface area contributed by atoms with Crippen molar-refractivity contribution >= 4 is 5.97 Å². The zero-order valence-corrected chi connectivity index (χ0v) is 9.17. The molecule has 0 saturated heterocycles. The van der Waals surface area contributed by atoms with Gasteiger partial charge in [-0.25, -0.2) is 0 Å². The predicted molar refractivity (Wildman–Crippen MR) is 53.6 cm³/mol. The molecule has 0 aromatic rings. The number of rotatable bonds is 6. The highest BCUT2D eigenvalue weighted by Crippen LogP contribution is 2.02. The first kappa shape index (κ1) is 12.4. The van der Waals surface area contributed by atoms with Crippen LogP contribution in [-0.2, 0) is 9.53 Å². The summed E-state index contributed by atoms with van der Waals surface area (Å²) < 4.78 is 4.95. The van der Waals surface area contributed by atoms with E-state index in [1.54, 1.807) is 0 Å². The number of carbonyl (C=O) groups excluding carboxylic acids is 1. The van der Waals surface area contributed by atoms with E-state index in [1.165, 1.54) is 0 Å². The molecular weight excluding hydrogens is 166 g/mol. The van der Waals surface area contributed by atoms with Gasteiger partial charge in [0.25, 0.3) is 0 Å². The fraction of sp³-hybridized carbons (Fsp3) is 0.900. The molecule has 0 saturated carbocycles. The van der Waals surface area contributed by atoms with Crippen LogP contribution in [0.3, 0.4) is 0 Å². The molecule has 0 aliphatic rings. The van der Waals surface area contributed by atoms with Crippen molar-refractivity contribution in [2.45, 2.75) is 40.2 Å². The minimum absolute atomic E-state index is 0.107. The third-order valence-electron chi connectivity index (χ3n) is 2.09. The minimum atomic E-state index is -0.113. The molecule has 3 nitrogen and oxygen atoms in total. The van der Waals surface area contributed by atoms with Crippen molar-refractivity contribution in [3.8, 4) is 0 Å². The summed E-state index contributed by atoms with van der Waals surface area (Å²) >= 11 is 0. The Morgan fingerprint density at radius 2 is 2.00 bits per heavy atom. The summed E-state index contributed by atoms with van der Waals surface area (Å²) in [7, 11) is 0. The second-order valence-corrected chi connectivity index (χ2v) is 3.06. The Morgan fingerprint density at radius 1 is 1.38 bits per heavy atom. The van der Waals surface area contributed by atoms with E-state index in [-0.39, 0.29) is 12.0 Å². The molecule has 0 heterocycles. The molecule has 0 aromatic carbocycles. The smallest absolute Gasteiger partial charge is 0.323 e. The third-order valence-corrected chi connectivity index (χ3v) is 2.09. The van der Waals surface area contributed by atoms with Crippen LogP contribution in [0.5, 0.6) is 0 Å². The van der Waals surface area contributed by atoms with Crippen LogP contribution in [0.15, 0.2) is 0 Å².